The molecule has 0 aliphatic carbocycles. The van der Waals surface area contributed by atoms with Gasteiger partial charge in [0.2, 0.25) is 0 Å². The van der Waals surface area contributed by atoms with E-state index in [0.29, 0.717) is 24.7 Å². The molecule has 1 aliphatic rings. The minimum atomic E-state index is -3.86. The first kappa shape index (κ1) is 11.8. The third-order valence-corrected chi connectivity index (χ3v) is 2.68. The van der Waals surface area contributed by atoms with Crippen LogP contribution < -0.4 is 25.1 Å². The summed E-state index contributed by atoms with van der Waals surface area (Å²) in [4.78, 5) is 0. The van der Waals surface area contributed by atoms with Crippen molar-refractivity contribution < 1.29 is 17.9 Å². The van der Waals surface area contributed by atoms with Gasteiger partial charge in [-0.15, -0.1) is 0 Å². The SMILES string of the molecule is Nc1cc2c(cc1NS(N)(=O)=O)OCCCO2. The van der Waals surface area contributed by atoms with E-state index in [0.717, 1.165) is 6.42 Å². The van der Waals surface area contributed by atoms with Crippen LogP contribution >= 0.6 is 0 Å². The standard InChI is InChI=1S/C9H13N3O4S/c10-6-4-8-9(16-3-1-2-15-8)5-7(6)12-17(11,13)14/h4-5,12H,1-3,10H2,(H2,11,13,14). The molecule has 8 heteroatoms. The van der Waals surface area contributed by atoms with Crippen LogP contribution in [-0.2, 0) is 10.2 Å². The number of ether oxygens (including phenoxy) is 2. The Kier molecular flexibility index (Phi) is 2.99. The Hall–Kier alpha value is -1.67. The molecular weight excluding hydrogens is 246 g/mol. The van der Waals surface area contributed by atoms with Crippen molar-refractivity contribution >= 4 is 21.6 Å². The monoisotopic (exact) mass is 259 g/mol. The van der Waals surface area contributed by atoms with Crippen molar-refractivity contribution in [1.29, 1.82) is 0 Å². The largest absolute Gasteiger partial charge is 0.489 e. The summed E-state index contributed by atoms with van der Waals surface area (Å²) in [6.07, 6.45) is 0.756. The maximum atomic E-state index is 10.9. The van der Waals surface area contributed by atoms with E-state index in [2.05, 4.69) is 4.72 Å². The topological polar surface area (TPSA) is 117 Å². The van der Waals surface area contributed by atoms with E-state index in [1.165, 1.54) is 12.1 Å². The molecule has 0 bridgehead atoms. The van der Waals surface area contributed by atoms with Gasteiger partial charge in [0.15, 0.2) is 11.5 Å². The molecule has 0 radical (unpaired) electrons. The van der Waals surface area contributed by atoms with Crippen molar-refractivity contribution in [3.05, 3.63) is 12.1 Å². The fourth-order valence-electron chi connectivity index (χ4n) is 1.47. The van der Waals surface area contributed by atoms with Crippen LogP contribution in [0.4, 0.5) is 11.4 Å². The van der Waals surface area contributed by atoms with Gasteiger partial charge in [0.1, 0.15) is 0 Å². The number of benzene rings is 1. The highest BCUT2D eigenvalue weighted by Crippen LogP contribution is 2.36. The zero-order valence-corrected chi connectivity index (χ0v) is 9.79. The summed E-state index contributed by atoms with van der Waals surface area (Å²) in [7, 11) is -3.86. The fraction of sp³-hybridized carbons (Fsp3) is 0.333. The number of anilines is 2. The molecule has 17 heavy (non-hydrogen) atoms. The normalized spacial score (nSPS) is 15.1. The molecule has 0 aromatic heterocycles. The first-order chi connectivity index (χ1) is 7.96. The second-order valence-electron chi connectivity index (χ2n) is 3.58. The van der Waals surface area contributed by atoms with Gasteiger partial charge in [0.25, 0.3) is 10.2 Å². The van der Waals surface area contributed by atoms with E-state index in [1.54, 1.807) is 0 Å². The Bertz CT molecular complexity index is 529. The third kappa shape index (κ3) is 2.92. The van der Waals surface area contributed by atoms with Gasteiger partial charge in [0.05, 0.1) is 24.6 Å². The number of hydrogen-bond donors (Lipinski definition) is 3. The third-order valence-electron chi connectivity index (χ3n) is 2.17. The molecular formula is C9H13N3O4S. The predicted octanol–water partition coefficient (Wildman–Crippen LogP) is 0.0455. The molecule has 0 saturated carbocycles. The lowest BCUT2D eigenvalue weighted by atomic mass is 10.2. The quantitative estimate of drug-likeness (QED) is 0.648. The molecule has 5 N–H and O–H groups in total. The predicted molar refractivity (Wildman–Crippen MR) is 63.2 cm³/mol. The molecule has 0 saturated heterocycles. The van der Waals surface area contributed by atoms with E-state index < -0.39 is 10.2 Å². The van der Waals surface area contributed by atoms with Gasteiger partial charge in [-0.2, -0.15) is 8.42 Å². The molecule has 0 fully saturated rings. The molecule has 2 rings (SSSR count). The first-order valence-electron chi connectivity index (χ1n) is 4.95. The lowest BCUT2D eigenvalue weighted by Crippen LogP contribution is -2.22. The van der Waals surface area contributed by atoms with Crippen LogP contribution in [0, 0.1) is 0 Å². The van der Waals surface area contributed by atoms with Crippen LogP contribution in [0.25, 0.3) is 0 Å². The zero-order chi connectivity index (χ0) is 12.5. The second-order valence-corrected chi connectivity index (χ2v) is 4.88. The number of fused-ring (bicyclic) bond motifs is 1. The molecule has 1 aromatic rings. The van der Waals surface area contributed by atoms with Crippen LogP contribution in [0.3, 0.4) is 0 Å². The van der Waals surface area contributed by atoms with Gasteiger partial charge in [0, 0.05) is 18.6 Å². The molecule has 7 nitrogen and oxygen atoms in total. The Morgan fingerprint density at radius 1 is 1.18 bits per heavy atom. The summed E-state index contributed by atoms with van der Waals surface area (Å²) in [5.74, 6) is 0.947. The molecule has 0 unspecified atom stereocenters. The molecule has 1 aliphatic heterocycles. The van der Waals surface area contributed by atoms with Crippen molar-refractivity contribution in [1.82, 2.24) is 0 Å². The minimum absolute atomic E-state index is 0.178. The highest BCUT2D eigenvalue weighted by molar-refractivity contribution is 7.90. The van der Waals surface area contributed by atoms with E-state index in [4.69, 9.17) is 20.3 Å². The Morgan fingerprint density at radius 3 is 2.35 bits per heavy atom. The fourth-order valence-corrected chi connectivity index (χ4v) is 1.95. The summed E-state index contributed by atoms with van der Waals surface area (Å²) >= 11 is 0. The zero-order valence-electron chi connectivity index (χ0n) is 8.97. The first-order valence-corrected chi connectivity index (χ1v) is 6.50. The van der Waals surface area contributed by atoms with Crippen molar-refractivity contribution in [3.63, 3.8) is 0 Å². The number of nitrogens with two attached hydrogens (primary N) is 2. The number of hydrogen-bond acceptors (Lipinski definition) is 5. The highest BCUT2D eigenvalue weighted by Gasteiger charge is 2.15. The summed E-state index contributed by atoms with van der Waals surface area (Å²) in [5.41, 5.74) is 6.09. The number of nitrogens with one attached hydrogen (secondary N) is 1. The number of rotatable bonds is 2. The van der Waals surface area contributed by atoms with Crippen molar-refractivity contribution in [2.24, 2.45) is 5.14 Å². The highest BCUT2D eigenvalue weighted by atomic mass is 32.2. The summed E-state index contributed by atoms with van der Waals surface area (Å²) in [6, 6.07) is 2.97. The summed E-state index contributed by atoms with van der Waals surface area (Å²) in [6.45, 7) is 1.04. The lowest BCUT2D eigenvalue weighted by molar-refractivity contribution is 0.297. The minimum Gasteiger partial charge on any atom is -0.489 e. The van der Waals surface area contributed by atoms with Crippen molar-refractivity contribution in [2.45, 2.75) is 6.42 Å². The lowest BCUT2D eigenvalue weighted by Gasteiger charge is -2.12. The van der Waals surface area contributed by atoms with Gasteiger partial charge in [-0.05, 0) is 0 Å². The van der Waals surface area contributed by atoms with Crippen LogP contribution in [0.2, 0.25) is 0 Å². The maximum Gasteiger partial charge on any atom is 0.296 e. The van der Waals surface area contributed by atoms with Crippen LogP contribution in [0.1, 0.15) is 6.42 Å². The molecule has 1 heterocycles. The van der Waals surface area contributed by atoms with E-state index in [-0.39, 0.29) is 11.4 Å². The molecule has 0 spiro atoms. The maximum absolute atomic E-state index is 10.9. The Labute approximate surface area is 98.9 Å². The number of nitrogen functional groups attached to an aromatic ring is 1. The van der Waals surface area contributed by atoms with Gasteiger partial charge in [-0.1, -0.05) is 0 Å². The van der Waals surface area contributed by atoms with Gasteiger partial charge in [-0.3, -0.25) is 4.72 Å². The van der Waals surface area contributed by atoms with Gasteiger partial charge >= 0.3 is 0 Å². The molecule has 1 aromatic carbocycles. The Balaban J connectivity index is 2.39. The average Bonchev–Trinajstić information content (AvgIpc) is 2.41. The van der Waals surface area contributed by atoms with Crippen molar-refractivity contribution in [3.8, 4) is 11.5 Å². The summed E-state index contributed by atoms with van der Waals surface area (Å²) in [5, 5.41) is 4.88. The average molecular weight is 259 g/mol. The molecule has 0 atom stereocenters. The molecule has 94 valence electrons. The van der Waals surface area contributed by atoms with Crippen LogP contribution in [0.5, 0.6) is 11.5 Å². The van der Waals surface area contributed by atoms with E-state index in [1.807, 2.05) is 0 Å². The van der Waals surface area contributed by atoms with Crippen LogP contribution in [0.15, 0.2) is 12.1 Å². The van der Waals surface area contributed by atoms with Crippen molar-refractivity contribution in [2.75, 3.05) is 23.7 Å². The van der Waals surface area contributed by atoms with Gasteiger partial charge in [-0.25, -0.2) is 5.14 Å². The second kappa shape index (κ2) is 4.30. The van der Waals surface area contributed by atoms with E-state index in [9.17, 15) is 8.42 Å². The van der Waals surface area contributed by atoms with Crippen LogP contribution in [-0.4, -0.2) is 21.6 Å². The smallest absolute Gasteiger partial charge is 0.296 e. The summed E-state index contributed by atoms with van der Waals surface area (Å²) < 4.78 is 34.8. The van der Waals surface area contributed by atoms with E-state index >= 15 is 0 Å². The van der Waals surface area contributed by atoms with Gasteiger partial charge < -0.3 is 15.2 Å². The Morgan fingerprint density at radius 2 is 1.76 bits per heavy atom. The molecule has 0 amide bonds.